The first kappa shape index (κ1) is 14.7. The summed E-state index contributed by atoms with van der Waals surface area (Å²) in [5.74, 6) is 0.263. The molecule has 2 aromatic carbocycles. The summed E-state index contributed by atoms with van der Waals surface area (Å²) in [5, 5.41) is 0. The van der Waals surface area contributed by atoms with Crippen LogP contribution in [0.25, 0.3) is 0 Å². The van der Waals surface area contributed by atoms with Gasteiger partial charge in [0.15, 0.2) is 11.6 Å². The SMILES string of the molecule is CC(=O)c1cc2ccc1CCc1ccc(c(C(C)=O)c1)CC2. The maximum absolute atomic E-state index is 11.9. The second-order valence-corrected chi connectivity index (χ2v) is 6.10. The van der Waals surface area contributed by atoms with Crippen LogP contribution in [-0.4, -0.2) is 11.6 Å². The minimum atomic E-state index is 0.132. The van der Waals surface area contributed by atoms with Crippen LogP contribution in [0.15, 0.2) is 36.4 Å². The highest BCUT2D eigenvalue weighted by Crippen LogP contribution is 2.22. The van der Waals surface area contributed by atoms with Gasteiger partial charge in [-0.05, 0) is 73.9 Å². The van der Waals surface area contributed by atoms with Gasteiger partial charge in [-0.2, -0.15) is 0 Å². The van der Waals surface area contributed by atoms with Crippen molar-refractivity contribution in [2.24, 2.45) is 0 Å². The third-order valence-corrected chi connectivity index (χ3v) is 4.47. The Hall–Kier alpha value is -2.22. The molecule has 4 aliphatic rings. The minimum Gasteiger partial charge on any atom is -0.295 e. The van der Waals surface area contributed by atoms with Gasteiger partial charge in [-0.1, -0.05) is 24.3 Å². The van der Waals surface area contributed by atoms with E-state index in [1.807, 2.05) is 12.1 Å². The van der Waals surface area contributed by atoms with Gasteiger partial charge in [-0.3, -0.25) is 9.59 Å². The molecule has 0 saturated carbocycles. The van der Waals surface area contributed by atoms with Gasteiger partial charge in [0.05, 0.1) is 0 Å². The highest BCUT2D eigenvalue weighted by molar-refractivity contribution is 5.96. The van der Waals surface area contributed by atoms with Gasteiger partial charge in [0.2, 0.25) is 0 Å². The standard InChI is InChI=1S/C20H20O2/c1-13(21)19-11-15-3-7-17(19)9-5-16-4-8-18(10-6-15)20(12-16)14(2)22/h3-4,7-8,11-12H,5-6,9-10H2,1-2H3. The normalized spacial score (nSPS) is 13.5. The van der Waals surface area contributed by atoms with Crippen LogP contribution in [0.1, 0.15) is 56.8 Å². The van der Waals surface area contributed by atoms with E-state index in [4.69, 9.17) is 0 Å². The van der Waals surface area contributed by atoms with Crippen LogP contribution in [0.3, 0.4) is 0 Å². The van der Waals surface area contributed by atoms with Gasteiger partial charge in [-0.15, -0.1) is 0 Å². The summed E-state index contributed by atoms with van der Waals surface area (Å²) in [4.78, 5) is 23.8. The van der Waals surface area contributed by atoms with E-state index in [-0.39, 0.29) is 11.6 Å². The number of benzene rings is 2. The summed E-state index contributed by atoms with van der Waals surface area (Å²) in [6.07, 6.45) is 3.35. The molecule has 22 heavy (non-hydrogen) atoms. The molecule has 0 atom stereocenters. The van der Waals surface area contributed by atoms with E-state index < -0.39 is 0 Å². The molecule has 0 spiro atoms. The van der Waals surface area contributed by atoms with Crippen molar-refractivity contribution in [3.05, 3.63) is 69.8 Å². The molecule has 0 heterocycles. The average Bonchev–Trinajstić information content (AvgIpc) is 2.49. The number of hydrogen-bond donors (Lipinski definition) is 0. The molecule has 2 nitrogen and oxygen atoms in total. The van der Waals surface area contributed by atoms with Crippen LogP contribution in [0.2, 0.25) is 0 Å². The number of carbonyl (C=O) groups is 2. The maximum atomic E-state index is 11.9. The largest absolute Gasteiger partial charge is 0.295 e. The second-order valence-electron chi connectivity index (χ2n) is 6.10. The highest BCUT2D eigenvalue weighted by Gasteiger charge is 2.13. The molecule has 0 amide bonds. The molecule has 0 N–H and O–H groups in total. The molecule has 112 valence electrons. The van der Waals surface area contributed by atoms with Crippen LogP contribution in [0.4, 0.5) is 0 Å². The third-order valence-electron chi connectivity index (χ3n) is 4.47. The number of hydrogen-bond acceptors (Lipinski definition) is 2. The first-order chi connectivity index (χ1) is 10.5. The highest BCUT2D eigenvalue weighted by atomic mass is 16.1. The van der Waals surface area contributed by atoms with E-state index in [2.05, 4.69) is 24.3 Å². The Kier molecular flexibility index (Phi) is 3.93. The molecule has 6 rings (SSSR count). The topological polar surface area (TPSA) is 34.1 Å². The van der Waals surface area contributed by atoms with Crippen LogP contribution in [-0.2, 0) is 25.7 Å². The molecule has 2 aromatic rings. The molecule has 4 bridgehead atoms. The van der Waals surface area contributed by atoms with E-state index in [0.29, 0.717) is 0 Å². The lowest BCUT2D eigenvalue weighted by Gasteiger charge is -2.15. The average molecular weight is 292 g/mol. The zero-order chi connectivity index (χ0) is 15.7. The van der Waals surface area contributed by atoms with Crippen LogP contribution in [0, 0.1) is 0 Å². The number of ketones is 2. The van der Waals surface area contributed by atoms with Gasteiger partial charge < -0.3 is 0 Å². The van der Waals surface area contributed by atoms with E-state index >= 15 is 0 Å². The van der Waals surface area contributed by atoms with Crippen molar-refractivity contribution in [1.29, 1.82) is 0 Å². The predicted molar refractivity (Wildman–Crippen MR) is 87.7 cm³/mol. The maximum Gasteiger partial charge on any atom is 0.160 e. The Bertz CT molecular complexity index is 691. The fourth-order valence-electron chi connectivity index (χ4n) is 3.21. The van der Waals surface area contributed by atoms with Crippen molar-refractivity contribution >= 4 is 11.6 Å². The summed E-state index contributed by atoms with van der Waals surface area (Å²) >= 11 is 0. The van der Waals surface area contributed by atoms with Gasteiger partial charge >= 0.3 is 0 Å². The molecule has 2 heteroatoms. The first-order valence-electron chi connectivity index (χ1n) is 7.80. The minimum absolute atomic E-state index is 0.132. The Morgan fingerprint density at radius 3 is 1.45 bits per heavy atom. The lowest BCUT2D eigenvalue weighted by molar-refractivity contribution is 0.100. The number of aryl methyl sites for hydroxylation is 4. The van der Waals surface area contributed by atoms with Crippen molar-refractivity contribution in [1.82, 2.24) is 0 Å². The molecular formula is C20H20O2. The third kappa shape index (κ3) is 2.87. The van der Waals surface area contributed by atoms with Gasteiger partial charge in [-0.25, -0.2) is 0 Å². The molecule has 0 fully saturated rings. The molecule has 4 aliphatic carbocycles. The summed E-state index contributed by atoms with van der Waals surface area (Å²) < 4.78 is 0. The van der Waals surface area contributed by atoms with Gasteiger partial charge in [0.1, 0.15) is 0 Å². The molecule has 0 aromatic heterocycles. The van der Waals surface area contributed by atoms with E-state index in [9.17, 15) is 9.59 Å². The fourth-order valence-corrected chi connectivity index (χ4v) is 3.21. The van der Waals surface area contributed by atoms with Crippen molar-refractivity contribution in [3.8, 4) is 0 Å². The molecule has 0 saturated heterocycles. The summed E-state index contributed by atoms with van der Waals surface area (Å²) in [7, 11) is 0. The quantitative estimate of drug-likeness (QED) is 0.785. The molecule has 0 radical (unpaired) electrons. The van der Waals surface area contributed by atoms with Crippen LogP contribution in [0.5, 0.6) is 0 Å². The number of carbonyl (C=O) groups excluding carboxylic acids is 2. The smallest absolute Gasteiger partial charge is 0.160 e. The summed E-state index contributed by atoms with van der Waals surface area (Å²) in [6.45, 7) is 3.27. The fraction of sp³-hybridized carbons (Fsp3) is 0.300. The Balaban J connectivity index is 2.07. The first-order valence-corrected chi connectivity index (χ1v) is 7.80. The van der Waals surface area contributed by atoms with E-state index in [1.54, 1.807) is 13.8 Å². The van der Waals surface area contributed by atoms with E-state index in [1.165, 1.54) is 0 Å². The van der Waals surface area contributed by atoms with Crippen molar-refractivity contribution in [2.45, 2.75) is 39.5 Å². The Morgan fingerprint density at radius 1 is 0.682 bits per heavy atom. The summed E-state index contributed by atoms with van der Waals surface area (Å²) in [6, 6.07) is 12.5. The summed E-state index contributed by atoms with van der Waals surface area (Å²) in [5.41, 5.74) is 6.22. The van der Waals surface area contributed by atoms with E-state index in [0.717, 1.165) is 59.1 Å². The molecular weight excluding hydrogens is 272 g/mol. The van der Waals surface area contributed by atoms with Gasteiger partial charge in [0, 0.05) is 11.1 Å². The zero-order valence-electron chi connectivity index (χ0n) is 13.1. The predicted octanol–water partition coefficient (Wildman–Crippen LogP) is 3.98. The lowest BCUT2D eigenvalue weighted by Crippen LogP contribution is -2.08. The van der Waals surface area contributed by atoms with Crippen molar-refractivity contribution in [3.63, 3.8) is 0 Å². The lowest BCUT2D eigenvalue weighted by atomic mass is 9.89. The van der Waals surface area contributed by atoms with Crippen molar-refractivity contribution < 1.29 is 9.59 Å². The molecule has 0 unspecified atom stereocenters. The van der Waals surface area contributed by atoms with Crippen molar-refractivity contribution in [2.75, 3.05) is 0 Å². The molecule has 0 aliphatic heterocycles. The second kappa shape index (κ2) is 5.88. The van der Waals surface area contributed by atoms with Gasteiger partial charge in [0.25, 0.3) is 0 Å². The van der Waals surface area contributed by atoms with Crippen LogP contribution < -0.4 is 0 Å². The zero-order valence-corrected chi connectivity index (χ0v) is 13.1. The van der Waals surface area contributed by atoms with Crippen LogP contribution >= 0.6 is 0 Å². The Morgan fingerprint density at radius 2 is 1.09 bits per heavy atom. The number of rotatable bonds is 2. The Labute approximate surface area is 131 Å². The number of Topliss-reactive ketones (excluding diaryl/α,β-unsaturated/α-hetero) is 2. The monoisotopic (exact) mass is 292 g/mol.